The van der Waals surface area contributed by atoms with E-state index >= 15 is 0 Å². The van der Waals surface area contributed by atoms with Crippen LogP contribution in [0, 0.1) is 6.92 Å². The Morgan fingerprint density at radius 1 is 1.19 bits per heavy atom. The van der Waals surface area contributed by atoms with E-state index in [0.717, 1.165) is 5.56 Å². The minimum absolute atomic E-state index is 0.0332. The molecule has 1 aromatic rings. The number of carbonyl (C=O) groups excluding carboxylic acids is 3. The summed E-state index contributed by atoms with van der Waals surface area (Å²) in [5.41, 5.74) is 0.263. The molecule has 2 aliphatic rings. The minimum atomic E-state index is -0.865. The number of carbonyl (C=O) groups is 3. The average Bonchev–Trinajstić information content (AvgIpc) is 2.84. The number of urea groups is 1. The highest BCUT2D eigenvalue weighted by Crippen LogP contribution is 2.30. The smallest absolute Gasteiger partial charge is 0.325 e. The molecule has 0 unspecified atom stereocenters. The molecule has 2 aliphatic heterocycles. The quantitative estimate of drug-likeness (QED) is 0.830. The number of amides is 4. The van der Waals surface area contributed by atoms with Crippen LogP contribution in [0.4, 0.5) is 4.79 Å². The molecule has 7 nitrogen and oxygen atoms in total. The number of hydrogen-bond acceptors (Lipinski definition) is 4. The molecule has 4 amide bonds. The van der Waals surface area contributed by atoms with Crippen LogP contribution >= 0.6 is 0 Å². The van der Waals surface area contributed by atoms with E-state index in [1.165, 1.54) is 4.90 Å². The Labute approximate surface area is 153 Å². The van der Waals surface area contributed by atoms with Crippen LogP contribution in [0.5, 0.6) is 5.75 Å². The highest BCUT2D eigenvalue weighted by molar-refractivity contribution is 6.07. The number of benzene rings is 1. The topological polar surface area (TPSA) is 79.0 Å². The summed E-state index contributed by atoms with van der Waals surface area (Å²) in [6, 6.07) is 7.01. The van der Waals surface area contributed by atoms with Crippen LogP contribution in [0.2, 0.25) is 0 Å². The zero-order valence-corrected chi connectivity index (χ0v) is 15.4. The molecule has 0 radical (unpaired) electrons. The van der Waals surface area contributed by atoms with Gasteiger partial charge < -0.3 is 15.0 Å². The van der Waals surface area contributed by atoms with Gasteiger partial charge in [-0.3, -0.25) is 14.5 Å². The summed E-state index contributed by atoms with van der Waals surface area (Å²) in [7, 11) is 0. The van der Waals surface area contributed by atoms with E-state index in [1.54, 1.807) is 4.90 Å². The van der Waals surface area contributed by atoms with Gasteiger partial charge in [0.25, 0.3) is 11.8 Å². The largest absolute Gasteiger partial charge is 0.484 e. The van der Waals surface area contributed by atoms with E-state index in [-0.39, 0.29) is 30.5 Å². The molecule has 0 bridgehead atoms. The monoisotopic (exact) mass is 359 g/mol. The van der Waals surface area contributed by atoms with Gasteiger partial charge in [-0.05, 0) is 45.7 Å². The first-order valence-corrected chi connectivity index (χ1v) is 8.95. The van der Waals surface area contributed by atoms with E-state index in [1.807, 2.05) is 45.0 Å². The first-order valence-electron chi connectivity index (χ1n) is 8.95. The fourth-order valence-corrected chi connectivity index (χ4v) is 3.46. The SMILES string of the molecule is Cc1ccc(OCC(=O)N2CCC3(CC2)NC(=O)N(C(C)C)C3=O)cc1. The number of aryl methyl sites for hydroxylation is 1. The third-order valence-electron chi connectivity index (χ3n) is 5.06. The van der Waals surface area contributed by atoms with Crippen molar-refractivity contribution in [1.82, 2.24) is 15.1 Å². The number of piperidine rings is 1. The van der Waals surface area contributed by atoms with E-state index in [0.29, 0.717) is 31.7 Å². The van der Waals surface area contributed by atoms with Crippen LogP contribution < -0.4 is 10.1 Å². The van der Waals surface area contributed by atoms with Crippen molar-refractivity contribution in [1.29, 1.82) is 0 Å². The maximum atomic E-state index is 12.7. The fraction of sp³-hybridized carbons (Fsp3) is 0.526. The van der Waals surface area contributed by atoms with Gasteiger partial charge in [0, 0.05) is 19.1 Å². The van der Waals surface area contributed by atoms with Crippen LogP contribution in [0.3, 0.4) is 0 Å². The second-order valence-electron chi connectivity index (χ2n) is 7.26. The summed E-state index contributed by atoms with van der Waals surface area (Å²) in [6.45, 7) is 6.44. The second kappa shape index (κ2) is 6.97. The molecule has 2 fully saturated rings. The Morgan fingerprint density at radius 3 is 2.35 bits per heavy atom. The van der Waals surface area contributed by atoms with Gasteiger partial charge in [-0.15, -0.1) is 0 Å². The van der Waals surface area contributed by atoms with Crippen molar-refractivity contribution >= 4 is 17.8 Å². The zero-order chi connectivity index (χ0) is 18.9. The van der Waals surface area contributed by atoms with Crippen molar-refractivity contribution in [2.75, 3.05) is 19.7 Å². The highest BCUT2D eigenvalue weighted by atomic mass is 16.5. The van der Waals surface area contributed by atoms with Crippen molar-refractivity contribution < 1.29 is 19.1 Å². The Bertz CT molecular complexity index is 706. The number of nitrogens with one attached hydrogen (secondary N) is 1. The summed E-state index contributed by atoms with van der Waals surface area (Å²) in [5.74, 6) is 0.363. The van der Waals surface area contributed by atoms with Crippen LogP contribution in [-0.2, 0) is 9.59 Å². The second-order valence-corrected chi connectivity index (χ2v) is 7.26. The number of nitrogens with zero attached hydrogens (tertiary/aromatic N) is 2. The molecule has 2 heterocycles. The molecule has 2 saturated heterocycles. The molecule has 1 spiro atoms. The van der Waals surface area contributed by atoms with Gasteiger partial charge in [-0.1, -0.05) is 17.7 Å². The maximum absolute atomic E-state index is 12.7. The summed E-state index contributed by atoms with van der Waals surface area (Å²) >= 11 is 0. The Balaban J connectivity index is 1.55. The standard InChI is InChI=1S/C19H25N3O4/c1-13(2)22-17(24)19(20-18(22)25)8-10-21(11-9-19)16(23)12-26-15-6-4-14(3)5-7-15/h4-7,13H,8-12H2,1-3H3,(H,20,25). The van der Waals surface area contributed by atoms with Gasteiger partial charge in [0.1, 0.15) is 11.3 Å². The summed E-state index contributed by atoms with van der Waals surface area (Å²) in [5, 5.41) is 2.84. The highest BCUT2D eigenvalue weighted by Gasteiger charge is 2.53. The molecule has 3 rings (SSSR count). The Kier molecular flexibility index (Phi) is 4.89. The first kappa shape index (κ1) is 18.2. The molecule has 26 heavy (non-hydrogen) atoms. The van der Waals surface area contributed by atoms with Crippen LogP contribution in [-0.4, -0.2) is 58.9 Å². The van der Waals surface area contributed by atoms with Gasteiger partial charge in [-0.25, -0.2) is 4.79 Å². The molecule has 0 saturated carbocycles. The Morgan fingerprint density at radius 2 is 1.81 bits per heavy atom. The summed E-state index contributed by atoms with van der Waals surface area (Å²) in [6.07, 6.45) is 0.855. The number of ether oxygens (including phenoxy) is 1. The predicted octanol–water partition coefficient (Wildman–Crippen LogP) is 1.70. The number of rotatable bonds is 4. The minimum Gasteiger partial charge on any atom is -0.484 e. The van der Waals surface area contributed by atoms with Crippen LogP contribution in [0.25, 0.3) is 0 Å². The van der Waals surface area contributed by atoms with Gasteiger partial charge in [0.05, 0.1) is 0 Å². The molecule has 1 aromatic carbocycles. The molecule has 0 aromatic heterocycles. The number of likely N-dealkylation sites (tertiary alicyclic amines) is 1. The maximum Gasteiger partial charge on any atom is 0.325 e. The molecular weight excluding hydrogens is 334 g/mol. The summed E-state index contributed by atoms with van der Waals surface area (Å²) < 4.78 is 5.54. The van der Waals surface area contributed by atoms with Crippen molar-refractivity contribution in [3.8, 4) is 5.75 Å². The lowest BCUT2D eigenvalue weighted by atomic mass is 9.87. The normalized spacial score (nSPS) is 19.2. The predicted molar refractivity (Wildman–Crippen MR) is 95.7 cm³/mol. The number of imide groups is 1. The number of hydrogen-bond donors (Lipinski definition) is 1. The molecule has 0 atom stereocenters. The van der Waals surface area contributed by atoms with Gasteiger partial charge in [0.2, 0.25) is 0 Å². The lowest BCUT2D eigenvalue weighted by Gasteiger charge is -2.37. The van der Waals surface area contributed by atoms with Crippen molar-refractivity contribution in [2.24, 2.45) is 0 Å². The van der Waals surface area contributed by atoms with Crippen molar-refractivity contribution in [3.05, 3.63) is 29.8 Å². The molecule has 1 N–H and O–H groups in total. The van der Waals surface area contributed by atoms with Crippen LogP contribution in [0.15, 0.2) is 24.3 Å². The first-order chi connectivity index (χ1) is 12.3. The lowest BCUT2D eigenvalue weighted by Crippen LogP contribution is -2.56. The van der Waals surface area contributed by atoms with Crippen molar-refractivity contribution in [2.45, 2.75) is 45.2 Å². The molecular formula is C19H25N3O4. The zero-order valence-electron chi connectivity index (χ0n) is 15.4. The molecule has 7 heteroatoms. The van der Waals surface area contributed by atoms with E-state index < -0.39 is 5.54 Å². The molecule has 0 aliphatic carbocycles. The van der Waals surface area contributed by atoms with Gasteiger partial charge in [-0.2, -0.15) is 0 Å². The molecule has 140 valence electrons. The van der Waals surface area contributed by atoms with Gasteiger partial charge in [0.15, 0.2) is 6.61 Å². The van der Waals surface area contributed by atoms with E-state index in [4.69, 9.17) is 4.74 Å². The van der Waals surface area contributed by atoms with Crippen molar-refractivity contribution in [3.63, 3.8) is 0 Å². The lowest BCUT2D eigenvalue weighted by molar-refractivity contribution is -0.140. The van der Waals surface area contributed by atoms with Gasteiger partial charge >= 0.3 is 6.03 Å². The van der Waals surface area contributed by atoms with E-state index in [2.05, 4.69) is 5.32 Å². The third kappa shape index (κ3) is 3.38. The van der Waals surface area contributed by atoms with Crippen LogP contribution in [0.1, 0.15) is 32.3 Å². The average molecular weight is 359 g/mol. The van der Waals surface area contributed by atoms with E-state index in [9.17, 15) is 14.4 Å². The fourth-order valence-electron chi connectivity index (χ4n) is 3.46. The summed E-state index contributed by atoms with van der Waals surface area (Å²) in [4.78, 5) is 40.1. The third-order valence-corrected chi connectivity index (χ3v) is 5.06. The Hall–Kier alpha value is -2.57.